The van der Waals surface area contributed by atoms with Gasteiger partial charge in [0.25, 0.3) is 0 Å². The summed E-state index contributed by atoms with van der Waals surface area (Å²) >= 11 is 2.20. The fourth-order valence-electron chi connectivity index (χ4n) is 1.51. The lowest BCUT2D eigenvalue weighted by atomic mass is 10.0. The molecule has 1 aromatic rings. The van der Waals surface area contributed by atoms with Crippen LogP contribution in [0.5, 0.6) is 0 Å². The smallest absolute Gasteiger partial charge is 0.247 e. The van der Waals surface area contributed by atoms with E-state index in [9.17, 15) is 9.59 Å². The van der Waals surface area contributed by atoms with Crippen molar-refractivity contribution in [1.29, 1.82) is 0 Å². The Kier molecular flexibility index (Phi) is 5.58. The lowest BCUT2D eigenvalue weighted by Gasteiger charge is -2.20. The van der Waals surface area contributed by atoms with Crippen LogP contribution in [-0.4, -0.2) is 17.9 Å². The van der Waals surface area contributed by atoms with E-state index in [0.29, 0.717) is 0 Å². The molecule has 0 aromatic heterocycles. The van der Waals surface area contributed by atoms with Gasteiger partial charge in [0.1, 0.15) is 6.04 Å². The number of hydrogen-bond acceptors (Lipinski definition) is 2. The van der Waals surface area contributed by atoms with Crippen LogP contribution in [0.25, 0.3) is 0 Å². The maximum absolute atomic E-state index is 12.0. The summed E-state index contributed by atoms with van der Waals surface area (Å²) in [7, 11) is 0. The largest absolute Gasteiger partial charge is 0.344 e. The Morgan fingerprint density at radius 3 is 2.17 bits per heavy atom. The van der Waals surface area contributed by atoms with E-state index < -0.39 is 6.04 Å². The van der Waals surface area contributed by atoms with Crippen LogP contribution < -0.4 is 10.6 Å². The van der Waals surface area contributed by atoms with Crippen LogP contribution in [-0.2, 0) is 9.59 Å². The maximum Gasteiger partial charge on any atom is 0.247 e. The van der Waals surface area contributed by atoms with E-state index >= 15 is 0 Å². The van der Waals surface area contributed by atoms with Gasteiger partial charge < -0.3 is 10.6 Å². The average Bonchev–Trinajstić information content (AvgIpc) is 2.28. The molecule has 1 aromatic carbocycles. The number of anilines is 1. The lowest BCUT2D eigenvalue weighted by molar-refractivity contribution is -0.126. The number of halogens is 1. The van der Waals surface area contributed by atoms with Crippen LogP contribution in [0.4, 0.5) is 5.69 Å². The molecule has 5 heteroatoms. The first-order chi connectivity index (χ1) is 8.40. The summed E-state index contributed by atoms with van der Waals surface area (Å²) in [5.41, 5.74) is 0.733. The first kappa shape index (κ1) is 14.9. The third-order valence-corrected chi connectivity index (χ3v) is 3.14. The number of carbonyl (C=O) groups excluding carboxylic acids is 2. The van der Waals surface area contributed by atoms with Gasteiger partial charge >= 0.3 is 0 Å². The standard InChI is InChI=1S/C13H17IN2O2/c1-8(2)12(15-9(3)17)13(18)16-11-6-4-10(14)5-7-11/h4-8,12H,1-3H3,(H,15,17)(H,16,18)/t12-/m1/s1. The highest BCUT2D eigenvalue weighted by Gasteiger charge is 2.22. The van der Waals surface area contributed by atoms with E-state index in [1.54, 1.807) is 0 Å². The van der Waals surface area contributed by atoms with Crippen LogP contribution in [0.2, 0.25) is 0 Å². The minimum Gasteiger partial charge on any atom is -0.344 e. The van der Waals surface area contributed by atoms with Crippen molar-refractivity contribution in [1.82, 2.24) is 5.32 Å². The first-order valence-electron chi connectivity index (χ1n) is 5.73. The summed E-state index contributed by atoms with van der Waals surface area (Å²) in [6, 6.07) is 7.00. The second-order valence-corrected chi connectivity index (χ2v) is 5.66. The third kappa shape index (κ3) is 4.64. The Labute approximate surface area is 121 Å². The Hall–Kier alpha value is -1.11. The number of benzene rings is 1. The monoisotopic (exact) mass is 360 g/mol. The molecule has 0 aliphatic rings. The van der Waals surface area contributed by atoms with Gasteiger partial charge in [0.15, 0.2) is 0 Å². The molecule has 18 heavy (non-hydrogen) atoms. The van der Waals surface area contributed by atoms with Crippen LogP contribution in [0.15, 0.2) is 24.3 Å². The Morgan fingerprint density at radius 2 is 1.72 bits per heavy atom. The van der Waals surface area contributed by atoms with E-state index in [0.717, 1.165) is 9.26 Å². The maximum atomic E-state index is 12.0. The summed E-state index contributed by atoms with van der Waals surface area (Å²) in [4.78, 5) is 23.1. The molecule has 0 aliphatic heterocycles. The quantitative estimate of drug-likeness (QED) is 0.811. The van der Waals surface area contributed by atoms with E-state index in [1.807, 2.05) is 38.1 Å². The van der Waals surface area contributed by atoms with Crippen LogP contribution in [0.3, 0.4) is 0 Å². The SMILES string of the molecule is CC(=O)N[C@@H](C(=O)Nc1ccc(I)cc1)C(C)C. The highest BCUT2D eigenvalue weighted by molar-refractivity contribution is 14.1. The summed E-state index contributed by atoms with van der Waals surface area (Å²) in [5, 5.41) is 5.46. The zero-order valence-electron chi connectivity index (χ0n) is 10.7. The normalized spacial score (nSPS) is 12.1. The molecule has 4 nitrogen and oxygen atoms in total. The van der Waals surface area contributed by atoms with E-state index in [2.05, 4.69) is 33.2 Å². The second-order valence-electron chi connectivity index (χ2n) is 4.42. The van der Waals surface area contributed by atoms with Crippen molar-refractivity contribution >= 4 is 40.1 Å². The average molecular weight is 360 g/mol. The minimum atomic E-state index is -0.512. The van der Waals surface area contributed by atoms with Crippen molar-refractivity contribution in [3.63, 3.8) is 0 Å². The molecule has 98 valence electrons. The molecule has 0 bridgehead atoms. The van der Waals surface area contributed by atoms with Crippen LogP contribution >= 0.6 is 22.6 Å². The molecular weight excluding hydrogens is 343 g/mol. The predicted octanol–water partition coefficient (Wildman–Crippen LogP) is 2.39. The summed E-state index contributed by atoms with van der Waals surface area (Å²) in [6.45, 7) is 5.20. The molecule has 0 heterocycles. The molecule has 0 saturated carbocycles. The van der Waals surface area contributed by atoms with Crippen molar-refractivity contribution in [3.8, 4) is 0 Å². The molecule has 1 rings (SSSR count). The Bertz CT molecular complexity index is 429. The molecule has 2 N–H and O–H groups in total. The number of rotatable bonds is 4. The molecule has 0 unspecified atom stereocenters. The summed E-state index contributed by atoms with van der Waals surface area (Å²) in [6.07, 6.45) is 0. The van der Waals surface area contributed by atoms with Crippen molar-refractivity contribution < 1.29 is 9.59 Å². The summed E-state index contributed by atoms with van der Waals surface area (Å²) in [5.74, 6) is -0.356. The van der Waals surface area contributed by atoms with Crippen molar-refractivity contribution in [3.05, 3.63) is 27.8 Å². The molecule has 0 radical (unpaired) electrons. The van der Waals surface area contributed by atoms with Crippen molar-refractivity contribution in [2.75, 3.05) is 5.32 Å². The molecule has 0 fully saturated rings. The fraction of sp³-hybridized carbons (Fsp3) is 0.385. The molecular formula is C13H17IN2O2. The van der Waals surface area contributed by atoms with Gasteiger partial charge in [0, 0.05) is 16.2 Å². The van der Waals surface area contributed by atoms with Crippen molar-refractivity contribution in [2.24, 2.45) is 5.92 Å². The number of amides is 2. The van der Waals surface area contributed by atoms with Gasteiger partial charge in [-0.2, -0.15) is 0 Å². The van der Waals surface area contributed by atoms with Gasteiger partial charge in [0.05, 0.1) is 0 Å². The molecule has 1 atom stereocenters. The predicted molar refractivity (Wildman–Crippen MR) is 80.2 cm³/mol. The number of nitrogens with one attached hydrogen (secondary N) is 2. The van der Waals surface area contributed by atoms with Crippen molar-refractivity contribution in [2.45, 2.75) is 26.8 Å². The molecule has 0 spiro atoms. The van der Waals surface area contributed by atoms with Gasteiger partial charge in [-0.1, -0.05) is 13.8 Å². The van der Waals surface area contributed by atoms with Gasteiger partial charge in [-0.05, 0) is 52.8 Å². The highest BCUT2D eigenvalue weighted by Crippen LogP contribution is 2.12. The Balaban J connectivity index is 2.72. The van der Waals surface area contributed by atoms with Gasteiger partial charge in [0.2, 0.25) is 11.8 Å². The van der Waals surface area contributed by atoms with Crippen LogP contribution in [0.1, 0.15) is 20.8 Å². The lowest BCUT2D eigenvalue weighted by Crippen LogP contribution is -2.46. The highest BCUT2D eigenvalue weighted by atomic mass is 127. The molecule has 0 aliphatic carbocycles. The number of hydrogen-bond donors (Lipinski definition) is 2. The minimum absolute atomic E-state index is 0.0396. The van der Waals surface area contributed by atoms with E-state index in [4.69, 9.17) is 0 Å². The zero-order chi connectivity index (χ0) is 13.7. The van der Waals surface area contributed by atoms with Gasteiger partial charge in [-0.25, -0.2) is 0 Å². The van der Waals surface area contributed by atoms with Crippen LogP contribution in [0, 0.1) is 9.49 Å². The van der Waals surface area contributed by atoms with Gasteiger partial charge in [-0.3, -0.25) is 9.59 Å². The fourth-order valence-corrected chi connectivity index (χ4v) is 1.87. The second kappa shape index (κ2) is 6.72. The number of carbonyl (C=O) groups is 2. The third-order valence-electron chi connectivity index (χ3n) is 2.42. The molecule has 0 saturated heterocycles. The van der Waals surface area contributed by atoms with E-state index in [1.165, 1.54) is 6.92 Å². The van der Waals surface area contributed by atoms with E-state index in [-0.39, 0.29) is 17.7 Å². The zero-order valence-corrected chi connectivity index (χ0v) is 12.8. The molecule has 2 amide bonds. The topological polar surface area (TPSA) is 58.2 Å². The Morgan fingerprint density at radius 1 is 1.17 bits per heavy atom. The summed E-state index contributed by atoms with van der Waals surface area (Å²) < 4.78 is 1.10. The first-order valence-corrected chi connectivity index (χ1v) is 6.81. The van der Waals surface area contributed by atoms with Gasteiger partial charge in [-0.15, -0.1) is 0 Å².